The summed E-state index contributed by atoms with van der Waals surface area (Å²) in [6, 6.07) is 13.3. The van der Waals surface area contributed by atoms with Gasteiger partial charge in [0.2, 0.25) is 9.84 Å². The molecule has 2 rings (SSSR count). The van der Waals surface area contributed by atoms with E-state index >= 15 is 0 Å². The first-order chi connectivity index (χ1) is 10.8. The Hall–Kier alpha value is -2.01. The minimum atomic E-state index is -3.74. The molecule has 0 amide bonds. The fraction of sp³-hybridized carbons (Fsp3) is 0.333. The largest absolute Gasteiger partial charge is 0.490 e. The van der Waals surface area contributed by atoms with Crippen LogP contribution in [-0.2, 0) is 9.84 Å². The van der Waals surface area contributed by atoms with Crippen molar-refractivity contribution in [3.05, 3.63) is 48.5 Å². The lowest BCUT2D eigenvalue weighted by molar-refractivity contribution is 0.234. The average Bonchev–Trinajstić information content (AvgIpc) is 2.46. The summed E-state index contributed by atoms with van der Waals surface area (Å²) >= 11 is 0. The molecule has 124 valence electrons. The fourth-order valence-electron chi connectivity index (χ4n) is 2.17. The molecule has 5 heteroatoms. The van der Waals surface area contributed by atoms with Gasteiger partial charge in [0.25, 0.3) is 0 Å². The van der Waals surface area contributed by atoms with Crippen LogP contribution in [-0.4, -0.2) is 20.6 Å². The SMILES string of the molecule is CC(C)Oc1ccccc1S(=O)(=O)c1ccccc1OC(C)C. The summed E-state index contributed by atoms with van der Waals surface area (Å²) < 4.78 is 37.5. The van der Waals surface area contributed by atoms with Crippen LogP contribution in [0.25, 0.3) is 0 Å². The van der Waals surface area contributed by atoms with Gasteiger partial charge in [0, 0.05) is 0 Å². The molecule has 0 radical (unpaired) electrons. The quantitative estimate of drug-likeness (QED) is 0.798. The van der Waals surface area contributed by atoms with Crippen molar-refractivity contribution in [3.8, 4) is 11.5 Å². The van der Waals surface area contributed by atoms with Gasteiger partial charge in [0.05, 0.1) is 12.2 Å². The van der Waals surface area contributed by atoms with Gasteiger partial charge >= 0.3 is 0 Å². The van der Waals surface area contributed by atoms with Gasteiger partial charge in [-0.05, 0) is 52.0 Å². The van der Waals surface area contributed by atoms with E-state index in [-0.39, 0.29) is 22.0 Å². The van der Waals surface area contributed by atoms with Gasteiger partial charge in [-0.25, -0.2) is 8.42 Å². The van der Waals surface area contributed by atoms with Crippen LogP contribution in [0.15, 0.2) is 58.3 Å². The Balaban J connectivity index is 2.56. The van der Waals surface area contributed by atoms with E-state index in [0.29, 0.717) is 11.5 Å². The third-order valence-electron chi connectivity index (χ3n) is 3.00. The number of rotatable bonds is 6. The Labute approximate surface area is 138 Å². The predicted octanol–water partition coefficient (Wildman–Crippen LogP) is 4.09. The molecule has 23 heavy (non-hydrogen) atoms. The minimum absolute atomic E-state index is 0.117. The topological polar surface area (TPSA) is 52.6 Å². The Bertz CT molecular complexity index is 705. The zero-order valence-corrected chi connectivity index (χ0v) is 14.6. The van der Waals surface area contributed by atoms with Gasteiger partial charge < -0.3 is 9.47 Å². The molecular formula is C18H22O4S. The standard InChI is InChI=1S/C18H22O4S/c1-13(2)21-15-9-5-7-11-17(15)23(19,20)18-12-8-6-10-16(18)22-14(3)4/h5-14H,1-4H3. The van der Waals surface area contributed by atoms with Crippen molar-refractivity contribution in [2.45, 2.75) is 49.7 Å². The van der Waals surface area contributed by atoms with E-state index in [2.05, 4.69) is 0 Å². The molecule has 0 N–H and O–H groups in total. The van der Waals surface area contributed by atoms with Crippen molar-refractivity contribution < 1.29 is 17.9 Å². The zero-order chi connectivity index (χ0) is 17.0. The Kier molecular flexibility index (Phi) is 5.31. The van der Waals surface area contributed by atoms with Crippen LogP contribution in [0.3, 0.4) is 0 Å². The first kappa shape index (κ1) is 17.3. The number of sulfone groups is 1. The predicted molar refractivity (Wildman–Crippen MR) is 89.9 cm³/mol. The van der Waals surface area contributed by atoms with Crippen molar-refractivity contribution in [1.29, 1.82) is 0 Å². The van der Waals surface area contributed by atoms with E-state index in [9.17, 15) is 8.42 Å². The van der Waals surface area contributed by atoms with Gasteiger partial charge in [-0.15, -0.1) is 0 Å². The van der Waals surface area contributed by atoms with Crippen LogP contribution in [0.4, 0.5) is 0 Å². The van der Waals surface area contributed by atoms with Crippen LogP contribution < -0.4 is 9.47 Å². The third-order valence-corrected chi connectivity index (χ3v) is 4.84. The Morgan fingerprint density at radius 3 is 1.39 bits per heavy atom. The van der Waals surface area contributed by atoms with E-state index in [0.717, 1.165) is 0 Å². The molecule has 0 atom stereocenters. The fourth-order valence-corrected chi connectivity index (χ4v) is 3.68. The molecule has 0 aliphatic rings. The maximum absolute atomic E-state index is 13.1. The van der Waals surface area contributed by atoms with Gasteiger partial charge in [0.15, 0.2) is 0 Å². The number of hydrogen-bond acceptors (Lipinski definition) is 4. The summed E-state index contributed by atoms with van der Waals surface area (Å²) in [4.78, 5) is 0.294. The van der Waals surface area contributed by atoms with E-state index in [1.165, 1.54) is 0 Å². The smallest absolute Gasteiger partial charge is 0.213 e. The molecule has 0 bridgehead atoms. The second-order valence-electron chi connectivity index (χ2n) is 5.73. The zero-order valence-electron chi connectivity index (χ0n) is 13.8. The van der Waals surface area contributed by atoms with Crippen molar-refractivity contribution >= 4 is 9.84 Å². The second-order valence-corrected chi connectivity index (χ2v) is 7.62. The van der Waals surface area contributed by atoms with Gasteiger partial charge in [-0.1, -0.05) is 24.3 Å². The van der Waals surface area contributed by atoms with E-state index in [4.69, 9.17) is 9.47 Å². The lowest BCUT2D eigenvalue weighted by Gasteiger charge is -2.17. The van der Waals surface area contributed by atoms with Gasteiger partial charge in [-0.3, -0.25) is 0 Å². The van der Waals surface area contributed by atoms with Crippen molar-refractivity contribution in [2.24, 2.45) is 0 Å². The molecule has 0 heterocycles. The lowest BCUT2D eigenvalue weighted by atomic mass is 10.3. The average molecular weight is 334 g/mol. The number of hydrogen-bond donors (Lipinski definition) is 0. The molecule has 0 fully saturated rings. The highest BCUT2D eigenvalue weighted by atomic mass is 32.2. The summed E-state index contributed by atoms with van der Waals surface area (Å²) in [5, 5.41) is 0. The van der Waals surface area contributed by atoms with Crippen molar-refractivity contribution in [1.82, 2.24) is 0 Å². The van der Waals surface area contributed by atoms with Gasteiger partial charge in [-0.2, -0.15) is 0 Å². The van der Waals surface area contributed by atoms with Crippen LogP contribution in [0.1, 0.15) is 27.7 Å². The number of para-hydroxylation sites is 2. The van der Waals surface area contributed by atoms with Crippen LogP contribution >= 0.6 is 0 Å². The Morgan fingerprint density at radius 2 is 1.04 bits per heavy atom. The molecule has 0 aliphatic carbocycles. The summed E-state index contributed by atoms with van der Waals surface area (Å²) in [6.07, 6.45) is -0.234. The van der Waals surface area contributed by atoms with Crippen LogP contribution in [0, 0.1) is 0 Å². The van der Waals surface area contributed by atoms with E-state index < -0.39 is 9.84 Å². The van der Waals surface area contributed by atoms with E-state index in [1.54, 1.807) is 48.5 Å². The highest BCUT2D eigenvalue weighted by Gasteiger charge is 2.26. The first-order valence-electron chi connectivity index (χ1n) is 7.59. The van der Waals surface area contributed by atoms with Crippen LogP contribution in [0.2, 0.25) is 0 Å². The highest BCUT2D eigenvalue weighted by molar-refractivity contribution is 7.91. The second kappa shape index (κ2) is 7.04. The maximum Gasteiger partial charge on any atom is 0.213 e. The van der Waals surface area contributed by atoms with Crippen LogP contribution in [0.5, 0.6) is 11.5 Å². The molecule has 0 unspecified atom stereocenters. The minimum Gasteiger partial charge on any atom is -0.490 e. The molecule has 2 aromatic rings. The maximum atomic E-state index is 13.1. The van der Waals surface area contributed by atoms with Gasteiger partial charge in [0.1, 0.15) is 21.3 Å². The molecular weight excluding hydrogens is 312 g/mol. The first-order valence-corrected chi connectivity index (χ1v) is 9.07. The molecule has 0 saturated heterocycles. The highest BCUT2D eigenvalue weighted by Crippen LogP contribution is 2.34. The lowest BCUT2D eigenvalue weighted by Crippen LogP contribution is -2.13. The number of ether oxygens (including phenoxy) is 2. The monoisotopic (exact) mass is 334 g/mol. The molecule has 0 aliphatic heterocycles. The summed E-state index contributed by atoms with van der Waals surface area (Å²) in [6.45, 7) is 7.44. The molecule has 0 aromatic heterocycles. The number of benzene rings is 2. The Morgan fingerprint density at radius 1 is 0.696 bits per heavy atom. The molecule has 0 saturated carbocycles. The summed E-state index contributed by atoms with van der Waals surface area (Å²) in [5.74, 6) is 0.698. The normalized spacial score (nSPS) is 11.7. The molecule has 2 aromatic carbocycles. The molecule has 4 nitrogen and oxygen atoms in total. The summed E-state index contributed by atoms with van der Waals surface area (Å²) in [7, 11) is -3.74. The molecule has 0 spiro atoms. The van der Waals surface area contributed by atoms with Crippen molar-refractivity contribution in [3.63, 3.8) is 0 Å². The summed E-state index contributed by atoms with van der Waals surface area (Å²) in [5.41, 5.74) is 0. The van der Waals surface area contributed by atoms with Crippen molar-refractivity contribution in [2.75, 3.05) is 0 Å². The third kappa shape index (κ3) is 4.05. The van der Waals surface area contributed by atoms with E-state index in [1.807, 2.05) is 27.7 Å².